The first-order valence-electron chi connectivity index (χ1n) is 5.80. The molecule has 0 fully saturated rings. The molecule has 1 heterocycles. The second kappa shape index (κ2) is 4.64. The van der Waals surface area contributed by atoms with E-state index in [0.717, 1.165) is 10.3 Å². The fraction of sp³-hybridized carbons (Fsp3) is 0.0714. The zero-order valence-corrected chi connectivity index (χ0v) is 12.1. The van der Waals surface area contributed by atoms with Gasteiger partial charge in [0.1, 0.15) is 10.8 Å². The highest BCUT2D eigenvalue weighted by atomic mass is 32.2. The van der Waals surface area contributed by atoms with Crippen molar-refractivity contribution in [2.24, 2.45) is 0 Å². The fourth-order valence-electron chi connectivity index (χ4n) is 1.88. The number of fused-ring (bicyclic) bond motifs is 1. The third-order valence-corrected chi connectivity index (χ3v) is 5.05. The third-order valence-electron chi connectivity index (χ3n) is 2.86. The molecule has 102 valence electrons. The van der Waals surface area contributed by atoms with Crippen molar-refractivity contribution in [2.75, 3.05) is 6.26 Å². The lowest BCUT2D eigenvalue weighted by molar-refractivity contribution is 0.602. The molecule has 3 nitrogen and oxygen atoms in total. The molecule has 0 atom stereocenters. The van der Waals surface area contributed by atoms with Crippen LogP contribution in [0, 0.1) is 5.82 Å². The lowest BCUT2D eigenvalue weighted by Gasteiger charge is -2.00. The summed E-state index contributed by atoms with van der Waals surface area (Å²) in [6, 6.07) is 11.0. The van der Waals surface area contributed by atoms with Crippen LogP contribution in [-0.2, 0) is 9.84 Å². The molecule has 0 spiro atoms. The number of thiazole rings is 1. The van der Waals surface area contributed by atoms with Crippen LogP contribution in [0.5, 0.6) is 0 Å². The quantitative estimate of drug-likeness (QED) is 0.728. The van der Waals surface area contributed by atoms with Gasteiger partial charge in [-0.3, -0.25) is 0 Å². The first-order chi connectivity index (χ1) is 9.43. The molecule has 0 radical (unpaired) electrons. The number of hydrogen-bond donors (Lipinski definition) is 0. The number of halogens is 1. The van der Waals surface area contributed by atoms with Crippen molar-refractivity contribution in [3.63, 3.8) is 0 Å². The van der Waals surface area contributed by atoms with Crippen LogP contribution in [0.25, 0.3) is 20.8 Å². The van der Waals surface area contributed by atoms with Crippen molar-refractivity contribution in [3.8, 4) is 10.6 Å². The Bertz CT molecular complexity index is 900. The molecule has 0 bridgehead atoms. The van der Waals surface area contributed by atoms with Crippen LogP contribution >= 0.6 is 11.3 Å². The second-order valence-corrected chi connectivity index (χ2v) is 7.48. The van der Waals surface area contributed by atoms with Crippen molar-refractivity contribution in [1.29, 1.82) is 0 Å². The minimum Gasteiger partial charge on any atom is -0.236 e. The zero-order valence-electron chi connectivity index (χ0n) is 10.5. The summed E-state index contributed by atoms with van der Waals surface area (Å²) in [4.78, 5) is 4.60. The van der Waals surface area contributed by atoms with Crippen LogP contribution < -0.4 is 0 Å². The summed E-state index contributed by atoms with van der Waals surface area (Å²) in [5, 5.41) is 0.677. The summed E-state index contributed by atoms with van der Waals surface area (Å²) in [7, 11) is -3.25. The predicted molar refractivity (Wildman–Crippen MR) is 78.1 cm³/mol. The van der Waals surface area contributed by atoms with Gasteiger partial charge in [0.05, 0.1) is 15.1 Å². The van der Waals surface area contributed by atoms with E-state index in [2.05, 4.69) is 4.98 Å². The predicted octanol–water partition coefficient (Wildman–Crippen LogP) is 3.51. The van der Waals surface area contributed by atoms with E-state index >= 15 is 0 Å². The summed E-state index contributed by atoms with van der Waals surface area (Å²) >= 11 is 1.41. The Morgan fingerprint density at radius 3 is 2.70 bits per heavy atom. The number of aromatic nitrogens is 1. The molecule has 3 rings (SSSR count). The van der Waals surface area contributed by atoms with E-state index in [1.807, 2.05) is 0 Å². The van der Waals surface area contributed by atoms with Gasteiger partial charge in [-0.2, -0.15) is 0 Å². The van der Waals surface area contributed by atoms with Crippen LogP contribution in [0.2, 0.25) is 0 Å². The van der Waals surface area contributed by atoms with Crippen molar-refractivity contribution in [1.82, 2.24) is 4.98 Å². The SMILES string of the molecule is CS(=O)(=O)c1cccc(-c2nc3cc(F)ccc3s2)c1. The molecule has 0 amide bonds. The third kappa shape index (κ3) is 2.44. The van der Waals surface area contributed by atoms with Gasteiger partial charge in [0, 0.05) is 17.9 Å². The Labute approximate surface area is 119 Å². The monoisotopic (exact) mass is 307 g/mol. The van der Waals surface area contributed by atoms with Crippen LogP contribution in [0.4, 0.5) is 4.39 Å². The van der Waals surface area contributed by atoms with E-state index in [1.54, 1.807) is 30.3 Å². The minimum atomic E-state index is -3.25. The Morgan fingerprint density at radius 2 is 1.95 bits per heavy atom. The summed E-state index contributed by atoms with van der Waals surface area (Å²) in [5.41, 5.74) is 1.30. The molecule has 1 aromatic heterocycles. The largest absolute Gasteiger partial charge is 0.236 e. The maximum absolute atomic E-state index is 13.2. The maximum Gasteiger partial charge on any atom is 0.175 e. The first kappa shape index (κ1) is 13.2. The molecule has 0 aliphatic carbocycles. The molecule has 2 aromatic carbocycles. The summed E-state index contributed by atoms with van der Waals surface area (Å²) in [5.74, 6) is -0.334. The molecule has 0 N–H and O–H groups in total. The van der Waals surface area contributed by atoms with Crippen molar-refractivity contribution < 1.29 is 12.8 Å². The molecule has 0 saturated carbocycles. The number of benzene rings is 2. The van der Waals surface area contributed by atoms with Gasteiger partial charge >= 0.3 is 0 Å². The highest BCUT2D eigenvalue weighted by molar-refractivity contribution is 7.90. The van der Waals surface area contributed by atoms with E-state index < -0.39 is 9.84 Å². The molecule has 3 aromatic rings. The first-order valence-corrected chi connectivity index (χ1v) is 8.51. The van der Waals surface area contributed by atoms with Gasteiger partial charge in [-0.1, -0.05) is 12.1 Å². The summed E-state index contributed by atoms with van der Waals surface area (Å²) in [6.07, 6.45) is 1.17. The topological polar surface area (TPSA) is 47.0 Å². The summed E-state index contributed by atoms with van der Waals surface area (Å²) in [6.45, 7) is 0. The Balaban J connectivity index is 2.16. The van der Waals surface area contributed by atoms with Gasteiger partial charge < -0.3 is 0 Å². The van der Waals surface area contributed by atoms with Gasteiger partial charge in [-0.05, 0) is 24.3 Å². The highest BCUT2D eigenvalue weighted by Gasteiger charge is 2.11. The maximum atomic E-state index is 13.2. The number of sulfone groups is 1. The molecule has 0 aliphatic rings. The normalized spacial score (nSPS) is 11.9. The van der Waals surface area contributed by atoms with Gasteiger partial charge in [-0.25, -0.2) is 17.8 Å². The Morgan fingerprint density at radius 1 is 1.15 bits per heavy atom. The second-order valence-electron chi connectivity index (χ2n) is 4.43. The Hall–Kier alpha value is -1.79. The van der Waals surface area contributed by atoms with Crippen LogP contribution in [-0.4, -0.2) is 19.7 Å². The highest BCUT2D eigenvalue weighted by Crippen LogP contribution is 2.31. The van der Waals surface area contributed by atoms with Crippen LogP contribution in [0.1, 0.15) is 0 Å². The van der Waals surface area contributed by atoms with Crippen molar-refractivity contribution in [3.05, 3.63) is 48.3 Å². The lowest BCUT2D eigenvalue weighted by Crippen LogP contribution is -1.96. The van der Waals surface area contributed by atoms with Crippen molar-refractivity contribution >= 4 is 31.4 Å². The lowest BCUT2D eigenvalue weighted by atomic mass is 10.2. The van der Waals surface area contributed by atoms with Crippen molar-refractivity contribution in [2.45, 2.75) is 4.90 Å². The van der Waals surface area contributed by atoms with Gasteiger partial charge in [-0.15, -0.1) is 11.3 Å². The molecule has 6 heteroatoms. The Kier molecular flexibility index (Phi) is 3.07. The average molecular weight is 307 g/mol. The van der Waals surface area contributed by atoms with E-state index in [1.165, 1.54) is 29.7 Å². The van der Waals surface area contributed by atoms with Crippen LogP contribution in [0.3, 0.4) is 0 Å². The smallest absolute Gasteiger partial charge is 0.175 e. The molecule has 0 unspecified atom stereocenters. The number of hydrogen-bond acceptors (Lipinski definition) is 4. The standard InChI is InChI=1S/C14H10FNO2S2/c1-20(17,18)11-4-2-3-9(7-11)14-16-12-8-10(15)5-6-13(12)19-14/h2-8H,1H3. The minimum absolute atomic E-state index is 0.250. The molecule has 0 aliphatic heterocycles. The average Bonchev–Trinajstić information content (AvgIpc) is 2.81. The molecular formula is C14H10FNO2S2. The van der Waals surface area contributed by atoms with Gasteiger partial charge in [0.15, 0.2) is 9.84 Å². The van der Waals surface area contributed by atoms with E-state index in [0.29, 0.717) is 10.5 Å². The molecule has 20 heavy (non-hydrogen) atoms. The molecule has 0 saturated heterocycles. The molecular weight excluding hydrogens is 297 g/mol. The van der Waals surface area contributed by atoms with E-state index in [4.69, 9.17) is 0 Å². The van der Waals surface area contributed by atoms with Crippen LogP contribution in [0.15, 0.2) is 47.4 Å². The van der Waals surface area contributed by atoms with E-state index in [-0.39, 0.29) is 10.7 Å². The van der Waals surface area contributed by atoms with Gasteiger partial charge in [0.25, 0.3) is 0 Å². The van der Waals surface area contributed by atoms with E-state index in [9.17, 15) is 12.8 Å². The summed E-state index contributed by atoms with van der Waals surface area (Å²) < 4.78 is 37.2. The van der Waals surface area contributed by atoms with Gasteiger partial charge in [0.2, 0.25) is 0 Å². The number of nitrogens with zero attached hydrogens (tertiary/aromatic N) is 1. The number of rotatable bonds is 2. The zero-order chi connectivity index (χ0) is 14.3. The fourth-order valence-corrected chi connectivity index (χ4v) is 3.49.